The van der Waals surface area contributed by atoms with Gasteiger partial charge in [0, 0.05) is 38.1 Å². The topological polar surface area (TPSA) is 49.6 Å². The second kappa shape index (κ2) is 8.63. The third kappa shape index (κ3) is 4.45. The summed E-state index contributed by atoms with van der Waals surface area (Å²) < 4.78 is 0. The van der Waals surface area contributed by atoms with Gasteiger partial charge in [0.25, 0.3) is 0 Å². The molecule has 1 aliphatic rings. The van der Waals surface area contributed by atoms with Gasteiger partial charge >= 0.3 is 0 Å². The molecule has 0 aliphatic heterocycles. The van der Waals surface area contributed by atoms with Crippen LogP contribution in [-0.4, -0.2) is 54.5 Å². The minimum atomic E-state index is 0.175. The van der Waals surface area contributed by atoms with E-state index in [0.717, 1.165) is 13.1 Å². The van der Waals surface area contributed by atoms with Crippen LogP contribution in [0.1, 0.15) is 52.9 Å². The Kier molecular flexibility index (Phi) is 7.52. The highest BCUT2D eigenvalue weighted by molar-refractivity contribution is 5.76. The summed E-state index contributed by atoms with van der Waals surface area (Å²) in [4.78, 5) is 16.6. The molecule has 118 valence electrons. The summed E-state index contributed by atoms with van der Waals surface area (Å²) in [6, 6.07) is 0.760. The van der Waals surface area contributed by atoms with Crippen molar-refractivity contribution in [2.45, 2.75) is 65.0 Å². The van der Waals surface area contributed by atoms with Crippen LogP contribution in [0.25, 0.3) is 0 Å². The normalized spacial score (nSPS) is 24.7. The van der Waals surface area contributed by atoms with Crippen molar-refractivity contribution in [3.8, 4) is 0 Å². The van der Waals surface area contributed by atoms with Crippen LogP contribution >= 0.6 is 0 Å². The number of hydrogen-bond donors (Lipinski definition) is 1. The summed E-state index contributed by atoms with van der Waals surface area (Å²) in [5, 5.41) is 0. The van der Waals surface area contributed by atoms with Gasteiger partial charge in [-0.05, 0) is 39.7 Å². The van der Waals surface area contributed by atoms with Crippen LogP contribution in [0.15, 0.2) is 0 Å². The predicted molar refractivity (Wildman–Crippen MR) is 84.6 cm³/mol. The first-order valence-corrected chi connectivity index (χ1v) is 8.24. The van der Waals surface area contributed by atoms with Crippen molar-refractivity contribution in [2.24, 2.45) is 11.7 Å². The molecule has 0 spiro atoms. The first-order valence-electron chi connectivity index (χ1n) is 8.24. The van der Waals surface area contributed by atoms with E-state index in [1.165, 1.54) is 25.7 Å². The molecule has 2 N–H and O–H groups in total. The van der Waals surface area contributed by atoms with Crippen molar-refractivity contribution in [3.05, 3.63) is 0 Å². The summed E-state index contributed by atoms with van der Waals surface area (Å²) in [5.74, 6) is 0.951. The summed E-state index contributed by atoms with van der Waals surface area (Å²) in [6.45, 7) is 8.54. The fourth-order valence-corrected chi connectivity index (χ4v) is 3.47. The molecule has 0 heterocycles. The van der Waals surface area contributed by atoms with Crippen LogP contribution in [0.5, 0.6) is 0 Å². The number of carbonyl (C=O) groups excluding carboxylic acids is 1. The van der Waals surface area contributed by atoms with Crippen molar-refractivity contribution in [1.82, 2.24) is 9.80 Å². The molecule has 0 aromatic carbocycles. The Bertz CT molecular complexity index is 291. The van der Waals surface area contributed by atoms with Gasteiger partial charge in [-0.2, -0.15) is 0 Å². The van der Waals surface area contributed by atoms with Gasteiger partial charge in [-0.25, -0.2) is 0 Å². The van der Waals surface area contributed by atoms with Gasteiger partial charge in [0.2, 0.25) is 5.91 Å². The number of rotatable bonds is 7. The number of nitrogens with two attached hydrogens (primary N) is 1. The van der Waals surface area contributed by atoms with Crippen molar-refractivity contribution < 1.29 is 4.79 Å². The van der Waals surface area contributed by atoms with Crippen LogP contribution in [0.2, 0.25) is 0 Å². The molecule has 0 bridgehead atoms. The smallest absolute Gasteiger partial charge is 0.224 e. The molecule has 4 nitrogen and oxygen atoms in total. The molecule has 1 fully saturated rings. The second-order valence-corrected chi connectivity index (χ2v) is 6.15. The summed E-state index contributed by atoms with van der Waals surface area (Å²) in [5.41, 5.74) is 5.94. The molecule has 4 heteroatoms. The van der Waals surface area contributed by atoms with Crippen LogP contribution in [0, 0.1) is 5.92 Å². The van der Waals surface area contributed by atoms with E-state index in [1.54, 1.807) is 0 Å². The highest BCUT2D eigenvalue weighted by atomic mass is 16.2. The molecule has 1 rings (SSSR count). The molecule has 1 aliphatic carbocycles. The highest BCUT2D eigenvalue weighted by Gasteiger charge is 2.30. The Hall–Kier alpha value is -0.610. The summed E-state index contributed by atoms with van der Waals surface area (Å²) in [6.07, 6.45) is 5.75. The second-order valence-electron chi connectivity index (χ2n) is 6.15. The van der Waals surface area contributed by atoms with Crippen LogP contribution in [0.3, 0.4) is 0 Å². The van der Waals surface area contributed by atoms with E-state index in [4.69, 9.17) is 5.73 Å². The van der Waals surface area contributed by atoms with E-state index >= 15 is 0 Å². The lowest BCUT2D eigenvalue weighted by atomic mass is 9.84. The SMILES string of the molecule is CCN(CC)C(=O)CC(CN)N(C)C1CCCCC1C. The zero-order chi connectivity index (χ0) is 15.1. The fraction of sp³-hybridized carbons (Fsp3) is 0.938. The predicted octanol–water partition coefficient (Wildman–Crippen LogP) is 2.08. The molecule has 0 saturated heterocycles. The number of amides is 1. The Morgan fingerprint density at radius 1 is 1.25 bits per heavy atom. The zero-order valence-corrected chi connectivity index (χ0v) is 13.8. The van der Waals surface area contributed by atoms with E-state index in [-0.39, 0.29) is 11.9 Å². The van der Waals surface area contributed by atoms with Crippen molar-refractivity contribution in [3.63, 3.8) is 0 Å². The third-order valence-corrected chi connectivity index (χ3v) is 4.96. The molecule has 0 radical (unpaired) electrons. The third-order valence-electron chi connectivity index (χ3n) is 4.96. The molecule has 1 amide bonds. The molecule has 0 aromatic rings. The lowest BCUT2D eigenvalue weighted by molar-refractivity contribution is -0.132. The Balaban J connectivity index is 2.62. The largest absolute Gasteiger partial charge is 0.343 e. The highest BCUT2D eigenvalue weighted by Crippen LogP contribution is 2.28. The maximum absolute atomic E-state index is 12.3. The maximum atomic E-state index is 12.3. The number of hydrogen-bond acceptors (Lipinski definition) is 3. The Morgan fingerprint density at radius 2 is 1.85 bits per heavy atom. The number of nitrogens with zero attached hydrogens (tertiary/aromatic N) is 2. The van der Waals surface area contributed by atoms with Gasteiger partial charge in [-0.3, -0.25) is 9.69 Å². The van der Waals surface area contributed by atoms with E-state index in [1.807, 2.05) is 18.7 Å². The van der Waals surface area contributed by atoms with Crippen molar-refractivity contribution in [2.75, 3.05) is 26.7 Å². The van der Waals surface area contributed by atoms with Gasteiger partial charge in [-0.15, -0.1) is 0 Å². The Morgan fingerprint density at radius 3 is 2.35 bits per heavy atom. The number of carbonyl (C=O) groups is 1. The average Bonchev–Trinajstić information content (AvgIpc) is 2.46. The lowest BCUT2D eigenvalue weighted by Gasteiger charge is -2.40. The van der Waals surface area contributed by atoms with E-state index in [2.05, 4.69) is 18.9 Å². The van der Waals surface area contributed by atoms with Crippen molar-refractivity contribution in [1.29, 1.82) is 0 Å². The van der Waals surface area contributed by atoms with Gasteiger partial charge in [0.1, 0.15) is 0 Å². The lowest BCUT2D eigenvalue weighted by Crippen LogP contribution is -2.50. The zero-order valence-electron chi connectivity index (χ0n) is 13.8. The summed E-state index contributed by atoms with van der Waals surface area (Å²) in [7, 11) is 2.15. The van der Waals surface area contributed by atoms with Crippen LogP contribution in [0.4, 0.5) is 0 Å². The minimum Gasteiger partial charge on any atom is -0.343 e. The molecule has 0 aromatic heterocycles. The first kappa shape index (κ1) is 17.4. The average molecular weight is 283 g/mol. The maximum Gasteiger partial charge on any atom is 0.224 e. The standard InChI is InChI=1S/C16H33N3O/c1-5-19(6-2)16(20)11-14(12-17)18(4)15-10-8-7-9-13(15)3/h13-15H,5-12,17H2,1-4H3. The minimum absolute atomic E-state index is 0.175. The van der Waals surface area contributed by atoms with E-state index in [9.17, 15) is 4.79 Å². The molecule has 1 saturated carbocycles. The molecular formula is C16H33N3O. The Labute approximate surface area is 124 Å². The fourth-order valence-electron chi connectivity index (χ4n) is 3.47. The van der Waals surface area contributed by atoms with Crippen LogP contribution < -0.4 is 5.73 Å². The molecule has 20 heavy (non-hydrogen) atoms. The molecular weight excluding hydrogens is 250 g/mol. The molecule has 3 atom stereocenters. The molecule has 3 unspecified atom stereocenters. The van der Waals surface area contributed by atoms with Crippen molar-refractivity contribution >= 4 is 5.91 Å². The van der Waals surface area contributed by atoms with Gasteiger partial charge < -0.3 is 10.6 Å². The van der Waals surface area contributed by atoms with Crippen LogP contribution in [-0.2, 0) is 4.79 Å². The quantitative estimate of drug-likeness (QED) is 0.778. The van der Waals surface area contributed by atoms with Gasteiger partial charge in [0.05, 0.1) is 0 Å². The number of likely N-dealkylation sites (N-methyl/N-ethyl adjacent to an activating group) is 1. The first-order chi connectivity index (χ1) is 9.54. The van der Waals surface area contributed by atoms with Gasteiger partial charge in [0.15, 0.2) is 0 Å². The van der Waals surface area contributed by atoms with Gasteiger partial charge in [-0.1, -0.05) is 19.8 Å². The monoisotopic (exact) mass is 283 g/mol. The van der Waals surface area contributed by atoms with E-state index < -0.39 is 0 Å². The van der Waals surface area contributed by atoms with E-state index in [0.29, 0.717) is 24.9 Å². The summed E-state index contributed by atoms with van der Waals surface area (Å²) >= 11 is 0.